The van der Waals surface area contributed by atoms with E-state index >= 15 is 0 Å². The standard InChI is InChI=1S/C9H21N5/c1-2-11-9(13-10)12-5-8-14-6-3-4-7-14/h2-8,10H2,1H3,(H2,11,12,13). The van der Waals surface area contributed by atoms with Crippen molar-refractivity contribution in [3.8, 4) is 0 Å². The topological polar surface area (TPSA) is 65.7 Å². The molecular formula is C9H21N5. The van der Waals surface area contributed by atoms with Gasteiger partial charge in [-0.2, -0.15) is 0 Å². The summed E-state index contributed by atoms with van der Waals surface area (Å²) in [7, 11) is 0. The number of nitrogens with zero attached hydrogens (tertiary/aromatic N) is 2. The van der Waals surface area contributed by atoms with Crippen LogP contribution in [-0.2, 0) is 0 Å². The molecule has 0 unspecified atom stereocenters. The van der Waals surface area contributed by atoms with E-state index in [0.29, 0.717) is 5.96 Å². The average molecular weight is 199 g/mol. The first-order valence-corrected chi connectivity index (χ1v) is 5.34. The minimum Gasteiger partial charge on any atom is -0.356 e. The van der Waals surface area contributed by atoms with Crippen LogP contribution in [-0.4, -0.2) is 43.6 Å². The highest BCUT2D eigenvalue weighted by molar-refractivity contribution is 5.79. The van der Waals surface area contributed by atoms with Crippen LogP contribution in [0.1, 0.15) is 19.8 Å². The minimum absolute atomic E-state index is 0.687. The van der Waals surface area contributed by atoms with Gasteiger partial charge in [0.1, 0.15) is 0 Å². The van der Waals surface area contributed by atoms with Gasteiger partial charge < -0.3 is 10.2 Å². The lowest BCUT2D eigenvalue weighted by molar-refractivity contribution is 0.349. The predicted octanol–water partition coefficient (Wildman–Crippen LogP) is -0.489. The number of guanidine groups is 1. The van der Waals surface area contributed by atoms with Crippen molar-refractivity contribution in [2.45, 2.75) is 19.8 Å². The minimum atomic E-state index is 0.687. The summed E-state index contributed by atoms with van der Waals surface area (Å²) in [5.41, 5.74) is 2.55. The Bertz CT molecular complexity index is 174. The highest BCUT2D eigenvalue weighted by Crippen LogP contribution is 2.05. The molecule has 0 radical (unpaired) electrons. The predicted molar refractivity (Wildman–Crippen MR) is 59.0 cm³/mol. The number of nitrogens with two attached hydrogens (primary N) is 1. The Balaban J connectivity index is 2.15. The number of hydrogen-bond donors (Lipinski definition) is 3. The van der Waals surface area contributed by atoms with Crippen molar-refractivity contribution in [1.82, 2.24) is 15.6 Å². The second-order valence-electron chi connectivity index (χ2n) is 3.45. The van der Waals surface area contributed by atoms with Gasteiger partial charge in [-0.25, -0.2) is 5.84 Å². The molecule has 1 heterocycles. The van der Waals surface area contributed by atoms with Crippen LogP contribution in [0.25, 0.3) is 0 Å². The van der Waals surface area contributed by atoms with Crippen molar-refractivity contribution < 1.29 is 0 Å². The Morgan fingerprint density at radius 1 is 1.43 bits per heavy atom. The van der Waals surface area contributed by atoms with E-state index in [1.54, 1.807) is 0 Å². The van der Waals surface area contributed by atoms with Gasteiger partial charge in [0.05, 0.1) is 6.54 Å². The fraction of sp³-hybridized carbons (Fsp3) is 0.889. The molecule has 4 N–H and O–H groups in total. The number of aliphatic imine (C=N–C) groups is 1. The summed E-state index contributed by atoms with van der Waals surface area (Å²) in [4.78, 5) is 6.76. The van der Waals surface area contributed by atoms with Crippen molar-refractivity contribution in [2.75, 3.05) is 32.7 Å². The summed E-state index contributed by atoms with van der Waals surface area (Å²) >= 11 is 0. The first kappa shape index (κ1) is 11.3. The summed E-state index contributed by atoms with van der Waals surface area (Å²) < 4.78 is 0. The Morgan fingerprint density at radius 2 is 2.14 bits per heavy atom. The first-order chi connectivity index (χ1) is 6.86. The zero-order chi connectivity index (χ0) is 10.2. The van der Waals surface area contributed by atoms with Gasteiger partial charge in [0.25, 0.3) is 0 Å². The van der Waals surface area contributed by atoms with Crippen molar-refractivity contribution in [2.24, 2.45) is 10.8 Å². The number of nitrogens with one attached hydrogen (secondary N) is 2. The van der Waals surface area contributed by atoms with Gasteiger partial charge in [-0.15, -0.1) is 0 Å². The Hall–Kier alpha value is -0.810. The van der Waals surface area contributed by atoms with Crippen LogP contribution >= 0.6 is 0 Å². The molecule has 0 amide bonds. The largest absolute Gasteiger partial charge is 0.356 e. The Labute approximate surface area is 85.7 Å². The molecule has 5 nitrogen and oxygen atoms in total. The van der Waals surface area contributed by atoms with E-state index in [1.165, 1.54) is 25.9 Å². The lowest BCUT2D eigenvalue weighted by atomic mass is 10.4. The van der Waals surface area contributed by atoms with Crippen molar-refractivity contribution >= 4 is 5.96 Å². The van der Waals surface area contributed by atoms with E-state index in [4.69, 9.17) is 5.84 Å². The molecule has 0 bridgehead atoms. The zero-order valence-corrected chi connectivity index (χ0v) is 8.92. The van der Waals surface area contributed by atoms with Crippen LogP contribution in [0.5, 0.6) is 0 Å². The molecule has 82 valence electrons. The average Bonchev–Trinajstić information content (AvgIpc) is 2.69. The summed E-state index contributed by atoms with van der Waals surface area (Å²) in [6.07, 6.45) is 2.66. The lowest BCUT2D eigenvalue weighted by Gasteiger charge is -2.13. The van der Waals surface area contributed by atoms with Gasteiger partial charge in [0.2, 0.25) is 5.96 Å². The summed E-state index contributed by atoms with van der Waals surface area (Å²) in [5, 5.41) is 3.05. The third-order valence-corrected chi connectivity index (χ3v) is 2.37. The van der Waals surface area contributed by atoms with E-state index in [2.05, 4.69) is 20.6 Å². The monoisotopic (exact) mass is 199 g/mol. The third-order valence-electron chi connectivity index (χ3n) is 2.37. The van der Waals surface area contributed by atoms with Crippen LogP contribution in [0.2, 0.25) is 0 Å². The van der Waals surface area contributed by atoms with E-state index in [-0.39, 0.29) is 0 Å². The van der Waals surface area contributed by atoms with E-state index in [1.807, 2.05) is 6.92 Å². The molecule has 5 heteroatoms. The van der Waals surface area contributed by atoms with Crippen LogP contribution in [0.15, 0.2) is 4.99 Å². The van der Waals surface area contributed by atoms with Crippen LogP contribution in [0, 0.1) is 0 Å². The molecule has 0 saturated carbocycles. The first-order valence-electron chi connectivity index (χ1n) is 5.34. The molecular weight excluding hydrogens is 178 g/mol. The normalized spacial score (nSPS) is 18.6. The van der Waals surface area contributed by atoms with Gasteiger partial charge in [0, 0.05) is 13.1 Å². The van der Waals surface area contributed by atoms with Crippen LogP contribution < -0.4 is 16.6 Å². The highest BCUT2D eigenvalue weighted by Gasteiger charge is 2.09. The fourth-order valence-electron chi connectivity index (χ4n) is 1.63. The zero-order valence-electron chi connectivity index (χ0n) is 8.92. The molecule has 14 heavy (non-hydrogen) atoms. The third kappa shape index (κ3) is 3.93. The number of likely N-dealkylation sites (tertiary alicyclic amines) is 1. The molecule has 0 aromatic carbocycles. The van der Waals surface area contributed by atoms with Gasteiger partial charge in [-0.05, 0) is 32.9 Å². The van der Waals surface area contributed by atoms with Crippen molar-refractivity contribution in [1.29, 1.82) is 0 Å². The molecule has 1 rings (SSSR count). The van der Waals surface area contributed by atoms with E-state index < -0.39 is 0 Å². The van der Waals surface area contributed by atoms with Gasteiger partial charge >= 0.3 is 0 Å². The maximum absolute atomic E-state index is 5.30. The number of hydrazine groups is 1. The van der Waals surface area contributed by atoms with Crippen LogP contribution in [0.3, 0.4) is 0 Å². The van der Waals surface area contributed by atoms with Gasteiger partial charge in [-0.1, -0.05) is 0 Å². The summed E-state index contributed by atoms with van der Waals surface area (Å²) in [5.74, 6) is 5.98. The number of rotatable bonds is 4. The van der Waals surface area contributed by atoms with Gasteiger partial charge in [-0.3, -0.25) is 10.4 Å². The summed E-state index contributed by atoms with van der Waals surface area (Å²) in [6, 6.07) is 0. The summed E-state index contributed by atoms with van der Waals surface area (Å²) in [6.45, 7) is 7.16. The number of hydrogen-bond acceptors (Lipinski definition) is 3. The van der Waals surface area contributed by atoms with E-state index in [0.717, 1.165) is 19.6 Å². The molecule has 0 aromatic rings. The van der Waals surface area contributed by atoms with E-state index in [9.17, 15) is 0 Å². The second-order valence-corrected chi connectivity index (χ2v) is 3.45. The molecule has 1 fully saturated rings. The molecule has 1 aliphatic rings. The van der Waals surface area contributed by atoms with Crippen molar-refractivity contribution in [3.63, 3.8) is 0 Å². The Morgan fingerprint density at radius 3 is 2.71 bits per heavy atom. The molecule has 0 atom stereocenters. The lowest BCUT2D eigenvalue weighted by Crippen LogP contribution is -2.41. The molecule has 0 aromatic heterocycles. The molecule has 0 aliphatic carbocycles. The van der Waals surface area contributed by atoms with Crippen LogP contribution in [0.4, 0.5) is 0 Å². The smallest absolute Gasteiger partial charge is 0.205 e. The SMILES string of the molecule is CCNC(=NCCN1CCCC1)NN. The van der Waals surface area contributed by atoms with Crippen molar-refractivity contribution in [3.05, 3.63) is 0 Å². The fourth-order valence-corrected chi connectivity index (χ4v) is 1.63. The highest BCUT2D eigenvalue weighted by atomic mass is 15.3. The second kappa shape index (κ2) is 6.62. The van der Waals surface area contributed by atoms with Gasteiger partial charge in [0.15, 0.2) is 0 Å². The molecule has 1 saturated heterocycles. The molecule has 0 spiro atoms. The maximum Gasteiger partial charge on any atom is 0.205 e. The quantitative estimate of drug-likeness (QED) is 0.247. The Kier molecular flexibility index (Phi) is 5.32. The maximum atomic E-state index is 5.30. The molecule has 1 aliphatic heterocycles.